The smallest absolute Gasteiger partial charge is 0.347 e. The summed E-state index contributed by atoms with van der Waals surface area (Å²) in [6.45, 7) is 1.64. The first-order valence-corrected chi connectivity index (χ1v) is 14.1. The number of aldehydes is 1. The maximum atomic E-state index is 13.2. The van der Waals surface area contributed by atoms with E-state index >= 15 is 0 Å². The number of nitrogen functional groups attached to an aromatic ring is 1. The Balaban J connectivity index is 1.34. The summed E-state index contributed by atoms with van der Waals surface area (Å²) in [7, 11) is 1.96. The van der Waals surface area contributed by atoms with Gasteiger partial charge in [0.05, 0.1) is 16.6 Å². The van der Waals surface area contributed by atoms with Crippen molar-refractivity contribution in [2.24, 2.45) is 12.2 Å². The Morgan fingerprint density at radius 1 is 1.45 bits per heavy atom. The normalized spacial score (nSPS) is 19.7. The van der Waals surface area contributed by atoms with Crippen LogP contribution in [0.3, 0.4) is 0 Å². The molecule has 208 valence electrons. The van der Waals surface area contributed by atoms with Gasteiger partial charge >= 0.3 is 5.97 Å². The number of hydrogen-bond donors (Lipinski definition) is 3. The second kappa shape index (κ2) is 10.9. The minimum atomic E-state index is -1.37. The molecule has 3 atom stereocenters. The quantitative estimate of drug-likeness (QED) is 0.105. The summed E-state index contributed by atoms with van der Waals surface area (Å²) in [4.78, 5) is 59.9. The fourth-order valence-corrected chi connectivity index (χ4v) is 6.64. The number of carboxylic acid groups (broad SMARTS) is 1. The van der Waals surface area contributed by atoms with Crippen LogP contribution < -0.4 is 15.6 Å². The predicted octanol–water partition coefficient (Wildman–Crippen LogP) is 0.905. The zero-order chi connectivity index (χ0) is 28.7. The molecule has 1 fully saturated rings. The van der Waals surface area contributed by atoms with Crippen molar-refractivity contribution in [1.29, 1.82) is 0 Å². The zero-order valence-electron chi connectivity index (χ0n) is 21.1. The number of nitrogens with zero attached hydrogens (tertiary/aromatic N) is 5. The van der Waals surface area contributed by atoms with Gasteiger partial charge in [-0.15, -0.1) is 11.8 Å². The molecule has 2 amide bonds. The van der Waals surface area contributed by atoms with Gasteiger partial charge in [-0.05, 0) is 13.0 Å². The number of fused-ring (bicyclic) bond motifs is 2. The average Bonchev–Trinajstić information content (AvgIpc) is 3.46. The highest BCUT2D eigenvalue weighted by Gasteiger charge is 2.53. The fraction of sp³-hybridized carbons (Fsp3) is 0.292. The molecule has 2 aliphatic heterocycles. The summed E-state index contributed by atoms with van der Waals surface area (Å²) in [5.74, 6) is -2.18. The first kappa shape index (κ1) is 27.6. The predicted molar refractivity (Wildman–Crippen MR) is 147 cm³/mol. The summed E-state index contributed by atoms with van der Waals surface area (Å²) >= 11 is 8.45. The first-order chi connectivity index (χ1) is 19.1. The SMILES string of the molecule is C[C@H](O/N=C(\C(=O)NC1C(=O)N2C(C=O)=C(C[n+]3ccc4c(ccn4C)c3)CSC12)c1nc(N)sc1Cl)C(=O)O. The van der Waals surface area contributed by atoms with Gasteiger partial charge in [-0.2, -0.15) is 0 Å². The Hall–Kier alpha value is -3.95. The number of carboxylic acids is 1. The topological polar surface area (TPSA) is 173 Å². The number of amides is 2. The van der Waals surface area contributed by atoms with Crippen LogP contribution in [0.2, 0.25) is 4.34 Å². The number of aliphatic carboxylic acids is 1. The van der Waals surface area contributed by atoms with Gasteiger partial charge in [0, 0.05) is 30.6 Å². The molecule has 5 heterocycles. The number of anilines is 1. The van der Waals surface area contributed by atoms with Crippen molar-refractivity contribution in [3.63, 3.8) is 0 Å². The summed E-state index contributed by atoms with van der Waals surface area (Å²) in [5, 5.41) is 15.9. The molecule has 16 heteroatoms. The molecule has 0 aliphatic carbocycles. The van der Waals surface area contributed by atoms with E-state index in [1.54, 1.807) is 0 Å². The Kier molecular flexibility index (Phi) is 7.53. The third kappa shape index (κ3) is 5.02. The minimum Gasteiger partial charge on any atom is -0.478 e. The second-order valence-corrected chi connectivity index (χ2v) is 11.8. The van der Waals surface area contributed by atoms with E-state index < -0.39 is 41.0 Å². The third-order valence-corrected chi connectivity index (χ3v) is 8.86. The van der Waals surface area contributed by atoms with Gasteiger partial charge < -0.3 is 25.6 Å². The number of oxime groups is 1. The number of aromatic nitrogens is 3. The molecule has 0 saturated carbocycles. The standard InChI is InChI=1S/C24H22ClN7O6S2/c1-11(23(36)37)38-29-17(16-19(25)40-24(26)28-16)20(34)27-18-21(35)32-15(9-33)13(10-39-22(18)32)8-31-6-4-14-12(7-31)3-5-30(14)2/h3-7,9,11,18,22H,8,10H2,1-2H3,(H3-,26,27,28,34,36,37)/p+1/b29-17-/t11-,18?,22?/m0/s1. The summed E-state index contributed by atoms with van der Waals surface area (Å²) in [5.41, 5.74) is 7.27. The number of carbonyl (C=O) groups excluding carboxylic acids is 3. The maximum absolute atomic E-state index is 13.2. The van der Waals surface area contributed by atoms with Gasteiger partial charge in [-0.25, -0.2) is 14.3 Å². The van der Waals surface area contributed by atoms with Crippen molar-refractivity contribution in [3.05, 3.63) is 52.0 Å². The molecule has 0 radical (unpaired) electrons. The molecule has 2 unspecified atom stereocenters. The Bertz CT molecular complexity index is 1620. The minimum absolute atomic E-state index is 0.0357. The number of nitrogens with one attached hydrogen (secondary N) is 1. The molecule has 13 nitrogen and oxygen atoms in total. The van der Waals surface area contributed by atoms with E-state index in [9.17, 15) is 19.2 Å². The van der Waals surface area contributed by atoms with E-state index in [-0.39, 0.29) is 20.9 Å². The number of nitrogens with two attached hydrogens (primary N) is 1. The van der Waals surface area contributed by atoms with Crippen molar-refractivity contribution < 1.29 is 33.7 Å². The number of allylic oxidation sites excluding steroid dienone is 1. The Labute approximate surface area is 240 Å². The van der Waals surface area contributed by atoms with Gasteiger partial charge in [-0.1, -0.05) is 28.1 Å². The average molecular weight is 605 g/mol. The molecule has 3 aromatic heterocycles. The third-order valence-electron chi connectivity index (χ3n) is 6.44. The molecule has 40 heavy (non-hydrogen) atoms. The van der Waals surface area contributed by atoms with E-state index in [0.717, 1.165) is 27.8 Å². The van der Waals surface area contributed by atoms with E-state index in [1.165, 1.54) is 23.6 Å². The lowest BCUT2D eigenvalue weighted by molar-refractivity contribution is -0.687. The van der Waals surface area contributed by atoms with Gasteiger partial charge in [0.2, 0.25) is 6.10 Å². The molecular formula is C24H23ClN7O6S2+. The van der Waals surface area contributed by atoms with Crippen LogP contribution >= 0.6 is 34.7 Å². The molecule has 1 saturated heterocycles. The first-order valence-electron chi connectivity index (χ1n) is 11.8. The summed E-state index contributed by atoms with van der Waals surface area (Å²) in [6.07, 6.45) is 5.15. The lowest BCUT2D eigenvalue weighted by Crippen LogP contribution is -2.70. The van der Waals surface area contributed by atoms with Crippen LogP contribution in [0.15, 0.2) is 47.1 Å². The highest BCUT2D eigenvalue weighted by atomic mass is 35.5. The highest BCUT2D eigenvalue weighted by molar-refractivity contribution is 8.00. The van der Waals surface area contributed by atoms with Crippen molar-refractivity contribution in [2.45, 2.75) is 31.0 Å². The van der Waals surface area contributed by atoms with E-state index in [0.29, 0.717) is 18.6 Å². The van der Waals surface area contributed by atoms with E-state index in [1.807, 2.05) is 46.9 Å². The number of halogens is 1. The number of thioether (sulfide) groups is 1. The summed E-state index contributed by atoms with van der Waals surface area (Å²) in [6, 6.07) is 3.01. The van der Waals surface area contributed by atoms with Crippen LogP contribution in [0.4, 0.5) is 5.13 Å². The van der Waals surface area contributed by atoms with E-state index in [4.69, 9.17) is 27.3 Å². The van der Waals surface area contributed by atoms with Crippen molar-refractivity contribution in [1.82, 2.24) is 19.8 Å². The fourth-order valence-electron chi connectivity index (χ4n) is 4.35. The molecular weight excluding hydrogens is 582 g/mol. The number of thiazole rings is 1. The molecule has 5 rings (SSSR count). The number of β-lactam (4-membered cyclic amide) rings is 1. The largest absolute Gasteiger partial charge is 0.478 e. The second-order valence-electron chi connectivity index (χ2n) is 9.05. The molecule has 0 bridgehead atoms. The number of pyridine rings is 1. The molecule has 0 aromatic carbocycles. The van der Waals surface area contributed by atoms with Gasteiger partial charge in [0.15, 0.2) is 36.1 Å². The molecule has 4 N–H and O–H groups in total. The molecule has 3 aromatic rings. The Morgan fingerprint density at radius 3 is 2.90 bits per heavy atom. The van der Waals surface area contributed by atoms with Crippen LogP contribution in [-0.4, -0.2) is 72.6 Å². The zero-order valence-corrected chi connectivity index (χ0v) is 23.5. The van der Waals surface area contributed by atoms with Crippen LogP contribution in [0.1, 0.15) is 12.6 Å². The monoisotopic (exact) mass is 604 g/mol. The van der Waals surface area contributed by atoms with Crippen molar-refractivity contribution in [2.75, 3.05) is 11.5 Å². The lowest BCUT2D eigenvalue weighted by atomic mass is 10.0. The lowest BCUT2D eigenvalue weighted by Gasteiger charge is -2.49. The number of hydrogen-bond acceptors (Lipinski definition) is 10. The van der Waals surface area contributed by atoms with Gasteiger partial charge in [0.25, 0.3) is 11.8 Å². The van der Waals surface area contributed by atoms with E-state index in [2.05, 4.69) is 15.5 Å². The highest BCUT2D eigenvalue weighted by Crippen LogP contribution is 2.39. The van der Waals surface area contributed by atoms with Crippen molar-refractivity contribution >= 4 is 80.5 Å². The van der Waals surface area contributed by atoms with Crippen LogP contribution in [0.25, 0.3) is 10.9 Å². The van der Waals surface area contributed by atoms with Gasteiger partial charge in [0.1, 0.15) is 21.4 Å². The van der Waals surface area contributed by atoms with Crippen LogP contribution in [0.5, 0.6) is 0 Å². The maximum Gasteiger partial charge on any atom is 0.347 e. The molecule has 2 aliphatic rings. The summed E-state index contributed by atoms with van der Waals surface area (Å²) < 4.78 is 4.00. The van der Waals surface area contributed by atoms with Crippen molar-refractivity contribution in [3.8, 4) is 0 Å². The number of aryl methyl sites for hydroxylation is 1. The number of carbonyl (C=O) groups is 4. The Morgan fingerprint density at radius 2 is 2.23 bits per heavy atom. The van der Waals surface area contributed by atoms with Crippen LogP contribution in [-0.2, 0) is 37.6 Å². The van der Waals surface area contributed by atoms with Crippen LogP contribution in [0, 0.1) is 0 Å². The number of rotatable bonds is 9. The van der Waals surface area contributed by atoms with Gasteiger partial charge in [-0.3, -0.25) is 19.3 Å². The molecule has 0 spiro atoms.